The monoisotopic (exact) mass is 360 g/mol. The quantitative estimate of drug-likeness (QED) is 0.738. The molecule has 1 aromatic rings. The number of piperidine rings is 1. The molecule has 0 aliphatic carbocycles. The van der Waals surface area contributed by atoms with Gasteiger partial charge in [-0.2, -0.15) is 0 Å². The molecule has 0 saturated carbocycles. The Bertz CT molecular complexity index is 615. The number of nitrogens with zero attached hydrogens (tertiary/aromatic N) is 2. The first-order valence-corrected chi connectivity index (χ1v) is 9.77. The van der Waals surface area contributed by atoms with Gasteiger partial charge in [-0.05, 0) is 51.7 Å². The molecule has 2 rings (SSSR count). The maximum Gasteiger partial charge on any atom is 0.224 e. The third kappa shape index (κ3) is 5.23. The Morgan fingerprint density at radius 1 is 1.27 bits per heavy atom. The van der Waals surface area contributed by atoms with Gasteiger partial charge in [0.1, 0.15) is 5.75 Å². The van der Waals surface area contributed by atoms with Crippen LogP contribution in [0.25, 0.3) is 0 Å². The Kier molecular flexibility index (Phi) is 7.49. The number of para-hydroxylation sites is 2. The molecule has 2 amide bonds. The second-order valence-electron chi connectivity index (χ2n) is 7.20. The average Bonchev–Trinajstić information content (AvgIpc) is 2.62. The highest BCUT2D eigenvalue weighted by Crippen LogP contribution is 2.29. The second kappa shape index (κ2) is 9.60. The van der Waals surface area contributed by atoms with E-state index in [0.717, 1.165) is 31.5 Å². The average molecular weight is 360 g/mol. The van der Waals surface area contributed by atoms with Crippen LogP contribution in [0.15, 0.2) is 24.3 Å². The lowest BCUT2D eigenvalue weighted by atomic mass is 9.99. The SMILES string of the molecule is CCC1CCCCN1C(=O)CCN(C(C)=O)c1ccccc1OC(C)C. The molecule has 1 aliphatic heterocycles. The standard InChI is InChI=1S/C21H32N2O3/c1-5-18-10-8-9-14-23(18)21(25)13-15-22(17(4)24)19-11-6-7-12-20(19)26-16(2)3/h6-7,11-12,16,18H,5,8-10,13-15H2,1-4H3. The normalized spacial score (nSPS) is 17.3. The molecule has 0 N–H and O–H groups in total. The van der Waals surface area contributed by atoms with E-state index in [4.69, 9.17) is 4.74 Å². The molecule has 0 bridgehead atoms. The molecule has 1 aliphatic rings. The Labute approximate surface area is 157 Å². The third-order valence-electron chi connectivity index (χ3n) is 4.87. The van der Waals surface area contributed by atoms with Gasteiger partial charge in [-0.25, -0.2) is 0 Å². The van der Waals surface area contributed by atoms with E-state index >= 15 is 0 Å². The van der Waals surface area contributed by atoms with Crippen LogP contribution >= 0.6 is 0 Å². The van der Waals surface area contributed by atoms with Gasteiger partial charge in [0.05, 0.1) is 11.8 Å². The van der Waals surface area contributed by atoms with E-state index in [0.29, 0.717) is 24.8 Å². The zero-order valence-corrected chi connectivity index (χ0v) is 16.5. The van der Waals surface area contributed by atoms with Crippen LogP contribution in [0.4, 0.5) is 5.69 Å². The molecule has 144 valence electrons. The van der Waals surface area contributed by atoms with Crippen LogP contribution in [0, 0.1) is 0 Å². The maximum absolute atomic E-state index is 12.7. The van der Waals surface area contributed by atoms with Crippen molar-refractivity contribution in [3.05, 3.63) is 24.3 Å². The van der Waals surface area contributed by atoms with Gasteiger partial charge in [0, 0.05) is 32.5 Å². The fourth-order valence-corrected chi connectivity index (χ4v) is 3.59. The van der Waals surface area contributed by atoms with Crippen LogP contribution in [0.2, 0.25) is 0 Å². The molecule has 1 unspecified atom stereocenters. The summed E-state index contributed by atoms with van der Waals surface area (Å²) in [6, 6.07) is 7.87. The Hall–Kier alpha value is -2.04. The van der Waals surface area contributed by atoms with Gasteiger partial charge in [-0.15, -0.1) is 0 Å². The maximum atomic E-state index is 12.7. The molecule has 1 fully saturated rings. The minimum Gasteiger partial charge on any atom is -0.489 e. The third-order valence-corrected chi connectivity index (χ3v) is 4.87. The van der Waals surface area contributed by atoms with Crippen molar-refractivity contribution in [2.24, 2.45) is 0 Å². The largest absolute Gasteiger partial charge is 0.489 e. The lowest BCUT2D eigenvalue weighted by Crippen LogP contribution is -2.44. The van der Waals surface area contributed by atoms with Gasteiger partial charge in [0.25, 0.3) is 0 Å². The van der Waals surface area contributed by atoms with Gasteiger partial charge in [-0.3, -0.25) is 9.59 Å². The number of hydrogen-bond donors (Lipinski definition) is 0. The summed E-state index contributed by atoms with van der Waals surface area (Å²) in [6.07, 6.45) is 4.71. The van der Waals surface area contributed by atoms with Gasteiger partial charge in [0.2, 0.25) is 11.8 Å². The smallest absolute Gasteiger partial charge is 0.224 e. The van der Waals surface area contributed by atoms with Crippen LogP contribution in [-0.2, 0) is 9.59 Å². The predicted molar refractivity (Wildman–Crippen MR) is 104 cm³/mol. The summed E-state index contributed by atoms with van der Waals surface area (Å²) in [7, 11) is 0. The molecular formula is C21H32N2O3. The molecule has 5 heteroatoms. The number of hydrogen-bond acceptors (Lipinski definition) is 3. The number of anilines is 1. The fourth-order valence-electron chi connectivity index (χ4n) is 3.59. The Morgan fingerprint density at radius 3 is 2.65 bits per heavy atom. The summed E-state index contributed by atoms with van der Waals surface area (Å²) in [5, 5.41) is 0. The summed E-state index contributed by atoms with van der Waals surface area (Å²) in [4.78, 5) is 28.6. The molecule has 0 radical (unpaired) electrons. The second-order valence-corrected chi connectivity index (χ2v) is 7.20. The van der Waals surface area contributed by atoms with Gasteiger partial charge >= 0.3 is 0 Å². The minimum atomic E-state index is -0.0803. The zero-order valence-electron chi connectivity index (χ0n) is 16.5. The minimum absolute atomic E-state index is 0.0188. The van der Waals surface area contributed by atoms with Gasteiger partial charge < -0.3 is 14.5 Å². The van der Waals surface area contributed by atoms with E-state index in [2.05, 4.69) is 6.92 Å². The van der Waals surface area contributed by atoms with Gasteiger partial charge in [0.15, 0.2) is 0 Å². The molecular weight excluding hydrogens is 328 g/mol. The highest BCUT2D eigenvalue weighted by molar-refractivity contribution is 5.94. The molecule has 1 aromatic carbocycles. The van der Waals surface area contributed by atoms with E-state index in [1.54, 1.807) is 4.90 Å². The molecule has 5 nitrogen and oxygen atoms in total. The highest BCUT2D eigenvalue weighted by atomic mass is 16.5. The van der Waals surface area contributed by atoms with Crippen molar-refractivity contribution in [1.82, 2.24) is 4.90 Å². The summed E-state index contributed by atoms with van der Waals surface area (Å²) in [6.45, 7) is 8.80. The van der Waals surface area contributed by atoms with Crippen molar-refractivity contribution in [2.45, 2.75) is 71.9 Å². The number of ether oxygens (including phenoxy) is 1. The topological polar surface area (TPSA) is 49.9 Å². The molecule has 26 heavy (non-hydrogen) atoms. The Balaban J connectivity index is 2.09. The lowest BCUT2D eigenvalue weighted by Gasteiger charge is -2.36. The van der Waals surface area contributed by atoms with Crippen molar-refractivity contribution in [3.8, 4) is 5.75 Å². The van der Waals surface area contributed by atoms with Crippen LogP contribution in [-0.4, -0.2) is 41.9 Å². The van der Waals surface area contributed by atoms with Crippen molar-refractivity contribution in [2.75, 3.05) is 18.0 Å². The van der Waals surface area contributed by atoms with Crippen molar-refractivity contribution in [1.29, 1.82) is 0 Å². The van der Waals surface area contributed by atoms with Crippen molar-refractivity contribution in [3.63, 3.8) is 0 Å². The van der Waals surface area contributed by atoms with E-state index in [9.17, 15) is 9.59 Å². The number of benzene rings is 1. The van der Waals surface area contributed by atoms with Crippen LogP contribution in [0.1, 0.15) is 59.8 Å². The molecule has 0 spiro atoms. The first-order valence-electron chi connectivity index (χ1n) is 9.77. The molecule has 0 aromatic heterocycles. The first kappa shape index (κ1) is 20.3. The van der Waals surface area contributed by atoms with E-state index in [1.807, 2.05) is 43.0 Å². The predicted octanol–water partition coefficient (Wildman–Crippen LogP) is 4.01. The molecule has 1 saturated heterocycles. The summed E-state index contributed by atoms with van der Waals surface area (Å²) in [5.74, 6) is 0.739. The number of carbonyl (C=O) groups is 2. The van der Waals surface area contributed by atoms with Crippen LogP contribution in [0.5, 0.6) is 5.75 Å². The van der Waals surface area contributed by atoms with E-state index < -0.39 is 0 Å². The van der Waals surface area contributed by atoms with E-state index in [1.165, 1.54) is 13.3 Å². The fraction of sp³-hybridized carbons (Fsp3) is 0.619. The number of likely N-dealkylation sites (tertiary alicyclic amines) is 1. The Morgan fingerprint density at radius 2 is 2.00 bits per heavy atom. The highest BCUT2D eigenvalue weighted by Gasteiger charge is 2.26. The van der Waals surface area contributed by atoms with Crippen molar-refractivity contribution >= 4 is 17.5 Å². The van der Waals surface area contributed by atoms with Gasteiger partial charge in [-0.1, -0.05) is 19.1 Å². The van der Waals surface area contributed by atoms with E-state index in [-0.39, 0.29) is 17.9 Å². The zero-order chi connectivity index (χ0) is 19.1. The number of carbonyl (C=O) groups excluding carboxylic acids is 2. The summed E-state index contributed by atoms with van der Waals surface area (Å²) in [5.41, 5.74) is 0.729. The van der Waals surface area contributed by atoms with Crippen molar-refractivity contribution < 1.29 is 14.3 Å². The van der Waals surface area contributed by atoms with Crippen LogP contribution in [0.3, 0.4) is 0 Å². The van der Waals surface area contributed by atoms with Crippen LogP contribution < -0.4 is 9.64 Å². The summed E-state index contributed by atoms with van der Waals surface area (Å²) >= 11 is 0. The number of amides is 2. The number of rotatable bonds is 7. The first-order chi connectivity index (χ1) is 12.4. The lowest BCUT2D eigenvalue weighted by molar-refractivity contribution is -0.134. The molecule has 1 heterocycles. The summed E-state index contributed by atoms with van der Waals surface area (Å²) < 4.78 is 5.84. The molecule has 1 atom stereocenters.